The van der Waals surface area contributed by atoms with Gasteiger partial charge in [-0.25, -0.2) is 18.1 Å². The minimum Gasteiger partial charge on any atom is -0.442 e. The number of anilines is 1. The van der Waals surface area contributed by atoms with Crippen molar-refractivity contribution in [3.63, 3.8) is 0 Å². The number of hydrogen-bond donors (Lipinski definition) is 0. The second kappa shape index (κ2) is 9.36. The van der Waals surface area contributed by atoms with Gasteiger partial charge in [0.25, 0.3) is 6.43 Å². The van der Waals surface area contributed by atoms with E-state index < -0.39 is 18.6 Å². The van der Waals surface area contributed by atoms with Crippen molar-refractivity contribution in [3.05, 3.63) is 72.3 Å². The summed E-state index contributed by atoms with van der Waals surface area (Å²) in [4.78, 5) is 16.6. The second-order valence-corrected chi connectivity index (χ2v) is 8.65. The van der Waals surface area contributed by atoms with Crippen LogP contribution in [0, 0.1) is 0 Å². The number of rotatable bonds is 5. The molecule has 10 heteroatoms. The van der Waals surface area contributed by atoms with Crippen LogP contribution >= 0.6 is 0 Å². The Morgan fingerprint density at radius 1 is 0.914 bits per heavy atom. The average Bonchev–Trinajstić information content (AvgIpc) is 3.50. The highest BCUT2D eigenvalue weighted by Gasteiger charge is 2.25. The van der Waals surface area contributed by atoms with Gasteiger partial charge in [-0.1, -0.05) is 30.3 Å². The fraction of sp³-hybridized carbons (Fsp3) is 0.320. The molecule has 0 spiro atoms. The molecule has 1 aliphatic heterocycles. The highest BCUT2D eigenvalue weighted by atomic mass is 19.3. The lowest BCUT2D eigenvalue weighted by molar-refractivity contribution is 0.0680. The predicted molar refractivity (Wildman–Crippen MR) is 127 cm³/mol. The molecule has 1 saturated heterocycles. The Hall–Kier alpha value is -3.95. The predicted octanol–water partition coefficient (Wildman–Crippen LogP) is 4.69. The number of alkyl halides is 2. The standard InChI is InChI=1S/C25H26F2N6O2/c1-17(18-3-5-19(6-4-18)24(26)27)35-25(34)32-11-9-31(10-12-32)23-14-29-33-16-20(7-8-22(23)33)21-13-28-30(2)15-21/h3-8,13-17,24H,9-12H2,1-2H3/t17-/m1/s1. The lowest BCUT2D eigenvalue weighted by Gasteiger charge is -2.35. The quantitative estimate of drug-likeness (QED) is 0.415. The first-order valence-corrected chi connectivity index (χ1v) is 11.4. The summed E-state index contributed by atoms with van der Waals surface area (Å²) in [5.41, 5.74) is 4.70. The maximum absolute atomic E-state index is 12.8. The van der Waals surface area contributed by atoms with Crippen LogP contribution < -0.4 is 4.90 Å². The molecular weight excluding hydrogens is 454 g/mol. The van der Waals surface area contributed by atoms with E-state index in [2.05, 4.69) is 21.2 Å². The Morgan fingerprint density at radius 3 is 2.29 bits per heavy atom. The summed E-state index contributed by atoms with van der Waals surface area (Å²) >= 11 is 0. The maximum atomic E-state index is 12.8. The smallest absolute Gasteiger partial charge is 0.410 e. The van der Waals surface area contributed by atoms with E-state index in [4.69, 9.17) is 4.74 Å². The van der Waals surface area contributed by atoms with Gasteiger partial charge in [0.2, 0.25) is 0 Å². The molecule has 1 aliphatic rings. The number of fused-ring (bicyclic) bond motifs is 1. The lowest BCUT2D eigenvalue weighted by atomic mass is 10.1. The first-order valence-electron chi connectivity index (χ1n) is 11.4. The number of hydrogen-bond acceptors (Lipinski definition) is 5. The fourth-order valence-electron chi connectivity index (χ4n) is 4.29. The largest absolute Gasteiger partial charge is 0.442 e. The number of pyridine rings is 1. The van der Waals surface area contributed by atoms with Crippen LogP contribution in [-0.2, 0) is 11.8 Å². The molecule has 0 aliphatic carbocycles. The van der Waals surface area contributed by atoms with Crippen LogP contribution in [0.15, 0.2) is 61.2 Å². The third-order valence-corrected chi connectivity index (χ3v) is 6.35. The maximum Gasteiger partial charge on any atom is 0.410 e. The molecule has 1 fully saturated rings. The zero-order chi connectivity index (χ0) is 24.5. The molecule has 1 amide bonds. The molecule has 4 aromatic rings. The Morgan fingerprint density at radius 2 is 1.63 bits per heavy atom. The zero-order valence-corrected chi connectivity index (χ0v) is 19.5. The molecule has 0 saturated carbocycles. The van der Waals surface area contributed by atoms with Gasteiger partial charge in [-0.3, -0.25) is 4.68 Å². The summed E-state index contributed by atoms with van der Waals surface area (Å²) in [6, 6.07) is 9.97. The van der Waals surface area contributed by atoms with Gasteiger partial charge < -0.3 is 14.5 Å². The van der Waals surface area contributed by atoms with Crippen molar-refractivity contribution < 1.29 is 18.3 Å². The van der Waals surface area contributed by atoms with Gasteiger partial charge in [0.1, 0.15) is 6.10 Å². The van der Waals surface area contributed by atoms with E-state index in [1.165, 1.54) is 12.1 Å². The molecule has 182 valence electrons. The van der Waals surface area contributed by atoms with Crippen molar-refractivity contribution in [2.24, 2.45) is 7.05 Å². The molecule has 5 rings (SSSR count). The van der Waals surface area contributed by atoms with E-state index >= 15 is 0 Å². The van der Waals surface area contributed by atoms with Crippen molar-refractivity contribution in [3.8, 4) is 11.1 Å². The Labute approximate surface area is 201 Å². The van der Waals surface area contributed by atoms with Crippen LogP contribution in [0.3, 0.4) is 0 Å². The van der Waals surface area contributed by atoms with Crippen LogP contribution in [0.25, 0.3) is 16.6 Å². The summed E-state index contributed by atoms with van der Waals surface area (Å²) < 4.78 is 34.7. The summed E-state index contributed by atoms with van der Waals surface area (Å²) in [6.45, 7) is 4.07. The normalized spacial score (nSPS) is 15.1. The molecule has 0 bridgehead atoms. The Balaban J connectivity index is 1.20. The SMILES string of the molecule is C[C@@H](OC(=O)N1CCN(c2cnn3cc(-c4cnn(C)c4)ccc23)CC1)c1ccc(C(F)F)cc1. The molecule has 0 unspecified atom stereocenters. The van der Waals surface area contributed by atoms with Gasteiger partial charge in [-0.2, -0.15) is 10.2 Å². The molecular formula is C25H26F2N6O2. The van der Waals surface area contributed by atoms with Crippen LogP contribution in [-0.4, -0.2) is 56.6 Å². The lowest BCUT2D eigenvalue weighted by Crippen LogP contribution is -2.49. The topological polar surface area (TPSA) is 67.9 Å². The van der Waals surface area contributed by atoms with Crippen LogP contribution in [0.1, 0.15) is 30.6 Å². The molecule has 8 nitrogen and oxygen atoms in total. The van der Waals surface area contributed by atoms with Gasteiger partial charge in [0, 0.05) is 62.3 Å². The Kier molecular flexibility index (Phi) is 6.10. The number of carbonyl (C=O) groups is 1. The number of nitrogens with zero attached hydrogens (tertiary/aromatic N) is 6. The van der Waals surface area contributed by atoms with Gasteiger partial charge >= 0.3 is 6.09 Å². The van der Waals surface area contributed by atoms with Crippen LogP contribution in [0.5, 0.6) is 0 Å². The van der Waals surface area contributed by atoms with E-state index in [9.17, 15) is 13.6 Å². The van der Waals surface area contributed by atoms with E-state index in [1.807, 2.05) is 42.4 Å². The number of amides is 1. The van der Waals surface area contributed by atoms with E-state index in [-0.39, 0.29) is 5.56 Å². The van der Waals surface area contributed by atoms with Crippen molar-refractivity contribution >= 4 is 17.3 Å². The Bertz CT molecular complexity index is 1330. The van der Waals surface area contributed by atoms with E-state index in [1.54, 1.807) is 28.6 Å². The first-order chi connectivity index (χ1) is 16.9. The molecule has 4 heterocycles. The van der Waals surface area contributed by atoms with Crippen molar-refractivity contribution in [1.29, 1.82) is 0 Å². The summed E-state index contributed by atoms with van der Waals surface area (Å²) in [7, 11) is 1.89. The van der Waals surface area contributed by atoms with Crippen molar-refractivity contribution in [2.75, 3.05) is 31.1 Å². The molecule has 3 aromatic heterocycles. The minimum atomic E-state index is -2.52. The van der Waals surface area contributed by atoms with E-state index in [0.717, 1.165) is 22.3 Å². The third-order valence-electron chi connectivity index (χ3n) is 6.35. The van der Waals surface area contributed by atoms with Gasteiger partial charge in [0.15, 0.2) is 0 Å². The highest BCUT2D eigenvalue weighted by molar-refractivity contribution is 5.76. The average molecular weight is 481 g/mol. The van der Waals surface area contributed by atoms with Crippen molar-refractivity contribution in [1.82, 2.24) is 24.3 Å². The number of ether oxygens (including phenoxy) is 1. The first kappa shape index (κ1) is 22.8. The molecule has 35 heavy (non-hydrogen) atoms. The van der Waals surface area contributed by atoms with Gasteiger partial charge in [-0.15, -0.1) is 0 Å². The molecule has 0 radical (unpaired) electrons. The number of benzene rings is 1. The van der Waals surface area contributed by atoms with Crippen LogP contribution in [0.2, 0.25) is 0 Å². The number of carbonyl (C=O) groups excluding carboxylic acids is 1. The number of aryl methyl sites for hydroxylation is 1. The number of piperazine rings is 1. The second-order valence-electron chi connectivity index (χ2n) is 8.65. The number of halogens is 2. The zero-order valence-electron chi connectivity index (χ0n) is 19.5. The van der Waals surface area contributed by atoms with E-state index in [0.29, 0.717) is 31.7 Å². The fourth-order valence-corrected chi connectivity index (χ4v) is 4.29. The monoisotopic (exact) mass is 480 g/mol. The van der Waals surface area contributed by atoms with Crippen LogP contribution in [0.4, 0.5) is 19.3 Å². The summed E-state index contributed by atoms with van der Waals surface area (Å²) in [6.07, 6.45) is 4.17. The number of aromatic nitrogens is 4. The molecule has 1 atom stereocenters. The third kappa shape index (κ3) is 4.68. The summed E-state index contributed by atoms with van der Waals surface area (Å²) in [5.74, 6) is 0. The van der Waals surface area contributed by atoms with Gasteiger partial charge in [-0.05, 0) is 18.6 Å². The minimum absolute atomic E-state index is 0.0515. The molecule has 0 N–H and O–H groups in total. The molecule has 1 aromatic carbocycles. The van der Waals surface area contributed by atoms with Crippen molar-refractivity contribution in [2.45, 2.75) is 19.5 Å². The highest BCUT2D eigenvalue weighted by Crippen LogP contribution is 2.27. The summed E-state index contributed by atoms with van der Waals surface area (Å²) in [5, 5.41) is 8.75. The van der Waals surface area contributed by atoms with Gasteiger partial charge in [0.05, 0.1) is 23.6 Å².